The normalized spacial score (nSPS) is 22.8. The second-order valence-electron chi connectivity index (χ2n) is 12.3. The number of hydrogen-bond donors (Lipinski definition) is 4. The first-order chi connectivity index (χ1) is 20.9. The number of β-amino-alcohol motifs (C(OH)–C–C–N with tert-alkyl or cyclic N) is 1. The fourth-order valence-electron chi connectivity index (χ4n) is 5.76. The highest BCUT2D eigenvalue weighted by atomic mass is 35.5. The van der Waals surface area contributed by atoms with Crippen LogP contribution in [0.15, 0.2) is 60.7 Å². The molecule has 0 amide bonds. The summed E-state index contributed by atoms with van der Waals surface area (Å²) in [6.07, 6.45) is 7.56. The molecule has 2 aromatic carbocycles. The Hall–Kier alpha value is -2.92. The number of aliphatic hydroxyl groups is 2. The summed E-state index contributed by atoms with van der Waals surface area (Å²) < 4.78 is 18.8. The summed E-state index contributed by atoms with van der Waals surface area (Å²) in [4.78, 5) is 13.9. The molecule has 0 aromatic heterocycles. The fraction of sp³-hybridized carbons (Fsp3) is 0.500. The summed E-state index contributed by atoms with van der Waals surface area (Å²) in [6, 6.07) is 13.6. The highest BCUT2D eigenvalue weighted by Crippen LogP contribution is 2.49. The molecule has 1 heterocycles. The maximum absolute atomic E-state index is 11.6. The van der Waals surface area contributed by atoms with E-state index >= 15 is 0 Å². The molecule has 1 fully saturated rings. The van der Waals surface area contributed by atoms with Crippen LogP contribution in [0.1, 0.15) is 44.7 Å². The van der Waals surface area contributed by atoms with Crippen LogP contribution in [0.3, 0.4) is 0 Å². The molecule has 1 aliphatic heterocycles. The van der Waals surface area contributed by atoms with Crippen LogP contribution in [-0.4, -0.2) is 90.0 Å². The number of nitrogens with one attached hydrogen (secondary N) is 1. The first-order valence-electron chi connectivity index (χ1n) is 15.0. The lowest BCUT2D eigenvalue weighted by Crippen LogP contribution is -2.52. The van der Waals surface area contributed by atoms with Crippen LogP contribution in [-0.2, 0) is 16.1 Å². The summed E-state index contributed by atoms with van der Waals surface area (Å²) in [7, 11) is 1.52. The number of aliphatic hydroxyl groups excluding tert-OH is 2. The third-order valence-corrected chi connectivity index (χ3v) is 9.20. The number of benzene rings is 2. The molecule has 2 aliphatic rings. The molecule has 4 rings (SSSR count). The van der Waals surface area contributed by atoms with E-state index in [1.165, 1.54) is 14.0 Å². The van der Waals surface area contributed by atoms with Gasteiger partial charge in [-0.25, -0.2) is 0 Å². The number of allylic oxidation sites excluding steroid dienone is 2. The van der Waals surface area contributed by atoms with Gasteiger partial charge >= 0.3 is 5.97 Å². The smallest absolute Gasteiger partial charge is 0.326 e. The number of aliphatic carboxylic acids is 1. The molecule has 9 nitrogen and oxygen atoms in total. The summed E-state index contributed by atoms with van der Waals surface area (Å²) >= 11 is 6.70. The average Bonchev–Trinajstić information content (AvgIpc) is 3.43. The Balaban J connectivity index is 1.56. The summed E-state index contributed by atoms with van der Waals surface area (Å²) in [5.74, 6) is -0.293. The molecule has 2 aromatic rings. The fourth-order valence-corrected chi connectivity index (χ4v) is 6.01. The number of carboxylic acids is 1. The molecular formula is C34H45ClN2O7. The van der Waals surface area contributed by atoms with E-state index in [1.54, 1.807) is 12.1 Å². The molecule has 1 saturated heterocycles. The zero-order valence-electron chi connectivity index (χ0n) is 26.0. The summed E-state index contributed by atoms with van der Waals surface area (Å²) in [6.45, 7) is 8.36. The van der Waals surface area contributed by atoms with E-state index in [0.29, 0.717) is 35.2 Å². The van der Waals surface area contributed by atoms with Gasteiger partial charge in [-0.05, 0) is 43.0 Å². The van der Waals surface area contributed by atoms with Crippen LogP contribution in [0.25, 0.3) is 5.57 Å². The van der Waals surface area contributed by atoms with Crippen molar-refractivity contribution >= 4 is 23.1 Å². The second-order valence-corrected chi connectivity index (χ2v) is 12.7. The molecule has 0 saturated carbocycles. The van der Waals surface area contributed by atoms with Gasteiger partial charge in [-0.15, -0.1) is 0 Å². The molecule has 0 radical (unpaired) electrons. The van der Waals surface area contributed by atoms with Gasteiger partial charge in [0, 0.05) is 49.8 Å². The minimum Gasteiger partial charge on any atom is -0.496 e. The highest BCUT2D eigenvalue weighted by Gasteiger charge is 2.49. The summed E-state index contributed by atoms with van der Waals surface area (Å²) in [5.41, 5.74) is 0.0119. The van der Waals surface area contributed by atoms with E-state index in [2.05, 4.69) is 48.3 Å². The predicted octanol–water partition coefficient (Wildman–Crippen LogP) is 4.54. The lowest BCUT2D eigenvalue weighted by Gasteiger charge is -2.47. The standard InChI is InChI=1S/C34H45ClN2O7/c1-32(2)27(24-10-6-5-7-11-24)12-8-14-34(32,44-17-9-15-37-16-13-26(39)21-37)23-43-30-19-29(42-4)25(18-28(30)35)20-36-33(3,22-38)31(40)41/h5-8,10-12,14,18-19,26,36,38-39H,9,13,15-17,20-23H2,1-4H3,(H,40,41)/t26-,33?,34?/m1/s1. The molecule has 3 atom stereocenters. The van der Waals surface area contributed by atoms with Crippen LogP contribution in [0.4, 0.5) is 0 Å². The molecule has 44 heavy (non-hydrogen) atoms. The van der Waals surface area contributed by atoms with Crippen molar-refractivity contribution in [1.29, 1.82) is 0 Å². The van der Waals surface area contributed by atoms with Gasteiger partial charge in [0.25, 0.3) is 0 Å². The Labute approximate surface area is 265 Å². The Morgan fingerprint density at radius 2 is 1.95 bits per heavy atom. The number of rotatable bonds is 15. The van der Waals surface area contributed by atoms with Crippen molar-refractivity contribution in [3.63, 3.8) is 0 Å². The van der Waals surface area contributed by atoms with Gasteiger partial charge in [-0.3, -0.25) is 10.1 Å². The van der Waals surface area contributed by atoms with Gasteiger partial charge in [-0.2, -0.15) is 0 Å². The minimum atomic E-state index is -1.52. The van der Waals surface area contributed by atoms with E-state index in [0.717, 1.165) is 37.1 Å². The maximum Gasteiger partial charge on any atom is 0.326 e. The first-order valence-corrected chi connectivity index (χ1v) is 15.4. The van der Waals surface area contributed by atoms with Crippen molar-refractivity contribution in [2.45, 2.75) is 57.4 Å². The SMILES string of the molecule is COc1cc(OCC2(OCCCN3CC[C@@H](O)C3)C=CC=C(c3ccccc3)C2(C)C)c(Cl)cc1CNC(C)(CO)C(=O)O. The van der Waals surface area contributed by atoms with Crippen molar-refractivity contribution in [2.24, 2.45) is 5.41 Å². The number of methoxy groups -OCH3 is 1. The van der Waals surface area contributed by atoms with Gasteiger partial charge < -0.3 is 34.4 Å². The lowest BCUT2D eigenvalue weighted by molar-refractivity contribution is -0.145. The zero-order chi connectivity index (χ0) is 32.0. The van der Waals surface area contributed by atoms with Gasteiger partial charge in [-0.1, -0.05) is 67.9 Å². The lowest BCUT2D eigenvalue weighted by atomic mass is 9.65. The highest BCUT2D eigenvalue weighted by molar-refractivity contribution is 6.32. The first kappa shape index (κ1) is 34.0. The van der Waals surface area contributed by atoms with E-state index in [4.69, 9.17) is 25.8 Å². The topological polar surface area (TPSA) is 121 Å². The molecule has 240 valence electrons. The monoisotopic (exact) mass is 628 g/mol. The molecular weight excluding hydrogens is 584 g/mol. The van der Waals surface area contributed by atoms with Gasteiger partial charge in [0.2, 0.25) is 0 Å². The Morgan fingerprint density at radius 1 is 1.20 bits per heavy atom. The van der Waals surface area contributed by atoms with Crippen LogP contribution in [0.2, 0.25) is 5.02 Å². The quantitative estimate of drug-likeness (QED) is 0.211. The van der Waals surface area contributed by atoms with Gasteiger partial charge in [0.05, 0.1) is 24.8 Å². The average molecular weight is 629 g/mol. The van der Waals surface area contributed by atoms with Gasteiger partial charge in [0.1, 0.15) is 29.2 Å². The van der Waals surface area contributed by atoms with Crippen LogP contribution < -0.4 is 14.8 Å². The Kier molecular flexibility index (Phi) is 11.2. The van der Waals surface area contributed by atoms with E-state index in [-0.39, 0.29) is 19.3 Å². The number of halogens is 1. The number of carbonyl (C=O) groups is 1. The number of ether oxygens (including phenoxy) is 3. The third-order valence-electron chi connectivity index (χ3n) is 8.90. The van der Waals surface area contributed by atoms with Crippen LogP contribution >= 0.6 is 11.6 Å². The minimum absolute atomic E-state index is 0.106. The van der Waals surface area contributed by atoms with E-state index < -0.39 is 29.1 Å². The Morgan fingerprint density at radius 3 is 2.59 bits per heavy atom. The molecule has 1 aliphatic carbocycles. The number of likely N-dealkylation sites (tertiary alicyclic amines) is 1. The third kappa shape index (κ3) is 7.47. The number of hydrogen-bond acceptors (Lipinski definition) is 8. The summed E-state index contributed by atoms with van der Waals surface area (Å²) in [5, 5.41) is 32.2. The Bertz CT molecular complexity index is 1350. The van der Waals surface area contributed by atoms with E-state index in [1.807, 2.05) is 24.3 Å². The molecule has 2 unspecified atom stereocenters. The van der Waals surface area contributed by atoms with Crippen molar-refractivity contribution < 1.29 is 34.3 Å². The van der Waals surface area contributed by atoms with Crippen molar-refractivity contribution in [2.75, 3.05) is 46.6 Å². The molecule has 4 N–H and O–H groups in total. The molecule has 0 spiro atoms. The van der Waals surface area contributed by atoms with Crippen molar-refractivity contribution in [3.8, 4) is 11.5 Å². The maximum atomic E-state index is 11.6. The van der Waals surface area contributed by atoms with Gasteiger partial charge in [0.15, 0.2) is 0 Å². The second kappa shape index (κ2) is 14.5. The molecule has 10 heteroatoms. The van der Waals surface area contributed by atoms with Crippen LogP contribution in [0.5, 0.6) is 11.5 Å². The van der Waals surface area contributed by atoms with Crippen molar-refractivity contribution in [1.82, 2.24) is 10.2 Å². The van der Waals surface area contributed by atoms with Crippen LogP contribution in [0, 0.1) is 5.41 Å². The predicted molar refractivity (Wildman–Crippen MR) is 171 cm³/mol. The largest absolute Gasteiger partial charge is 0.496 e. The zero-order valence-corrected chi connectivity index (χ0v) is 26.8. The number of carboxylic acid groups (broad SMARTS) is 1. The van der Waals surface area contributed by atoms with E-state index in [9.17, 15) is 20.1 Å². The van der Waals surface area contributed by atoms with Crippen molar-refractivity contribution in [3.05, 3.63) is 76.8 Å². The number of nitrogens with zero attached hydrogens (tertiary/aromatic N) is 1. The molecule has 0 bridgehead atoms.